The lowest BCUT2D eigenvalue weighted by atomic mass is 10.6. The number of hydrogen-bond donors (Lipinski definition) is 6. The van der Waals surface area contributed by atoms with Crippen molar-refractivity contribution in [2.45, 2.75) is 13.8 Å². The van der Waals surface area contributed by atoms with Crippen molar-refractivity contribution < 1.29 is 15.3 Å². The third kappa shape index (κ3) is 110. The van der Waals surface area contributed by atoms with Gasteiger partial charge in [-0.15, -0.1) is 0 Å². The minimum Gasteiger partial charge on any atom is -0.395 e. The van der Waals surface area contributed by atoms with Crippen LogP contribution in [0.15, 0.2) is 0 Å². The Hall–Kier alpha value is -0.280. The maximum Gasteiger partial charge on any atom is 0.0555 e. The van der Waals surface area contributed by atoms with E-state index < -0.39 is 0 Å². The van der Waals surface area contributed by atoms with Crippen molar-refractivity contribution in [1.29, 1.82) is 0 Å². The molecule has 7 nitrogen and oxygen atoms in total. The van der Waals surface area contributed by atoms with Crippen LogP contribution in [0.25, 0.3) is 0 Å². The zero-order valence-corrected chi connectivity index (χ0v) is 14.0. The van der Waals surface area contributed by atoms with Gasteiger partial charge in [0.05, 0.1) is 19.8 Å². The first-order chi connectivity index (χ1) is 9.47. The number of nitrogens with one attached hydrogen (secondary N) is 2. The van der Waals surface area contributed by atoms with Gasteiger partial charge in [-0.2, -0.15) is 0 Å². The lowest BCUT2D eigenvalue weighted by Crippen LogP contribution is -2.21. The van der Waals surface area contributed by atoms with E-state index >= 15 is 0 Å². The van der Waals surface area contributed by atoms with E-state index in [1.165, 1.54) is 0 Å². The third-order valence-corrected chi connectivity index (χ3v) is 1.21. The van der Waals surface area contributed by atoms with Crippen molar-refractivity contribution in [2.24, 2.45) is 5.73 Å². The van der Waals surface area contributed by atoms with E-state index in [2.05, 4.69) is 24.5 Å². The summed E-state index contributed by atoms with van der Waals surface area (Å²) in [4.78, 5) is 2.00. The Labute approximate surface area is 125 Å². The van der Waals surface area contributed by atoms with Crippen LogP contribution in [0, 0.1) is 0 Å². The standard InChI is InChI=1S/C4H11NO2.C4H11N.C3H9N.C2H7NO/c6-3-1-5-2-4-7;1-3-5-4-2;1-4(2)3;3-1-2-4/h5-7H,1-4H2;5H,3-4H2,1-2H3;1-3H3;4H,1-3H2. The molecule has 0 rings (SSSR count). The summed E-state index contributed by atoms with van der Waals surface area (Å²) in [6.07, 6.45) is 0. The molecule has 0 aromatic carbocycles. The monoisotopic (exact) mass is 298 g/mol. The number of nitrogens with two attached hydrogens (primary N) is 1. The molecule has 0 aliphatic rings. The molecule has 0 aliphatic carbocycles. The molecule has 0 bridgehead atoms. The summed E-state index contributed by atoms with van der Waals surface area (Å²) >= 11 is 0. The molecule has 0 spiro atoms. The van der Waals surface area contributed by atoms with E-state index in [0.29, 0.717) is 19.6 Å². The Morgan fingerprint density at radius 2 is 1.10 bits per heavy atom. The van der Waals surface area contributed by atoms with Crippen molar-refractivity contribution in [3.05, 3.63) is 0 Å². The number of rotatable bonds is 7. The van der Waals surface area contributed by atoms with Gasteiger partial charge in [-0.1, -0.05) is 13.8 Å². The number of nitrogens with zero attached hydrogens (tertiary/aromatic N) is 1. The van der Waals surface area contributed by atoms with Gasteiger partial charge in [0.15, 0.2) is 0 Å². The Bertz CT molecular complexity index is 109. The molecule has 7 heteroatoms. The molecule has 0 atom stereocenters. The molecule has 0 unspecified atom stereocenters. The topological polar surface area (TPSA) is 114 Å². The molecular weight excluding hydrogens is 260 g/mol. The Morgan fingerprint density at radius 3 is 1.20 bits per heavy atom. The third-order valence-electron chi connectivity index (χ3n) is 1.21. The quantitative estimate of drug-likeness (QED) is 0.310. The number of aliphatic hydroxyl groups excluding tert-OH is 3. The van der Waals surface area contributed by atoms with Gasteiger partial charge in [0.2, 0.25) is 0 Å². The Kier molecular flexibility index (Phi) is 50.8. The largest absolute Gasteiger partial charge is 0.395 e. The minimum atomic E-state index is 0.0972. The van der Waals surface area contributed by atoms with Gasteiger partial charge in [-0.3, -0.25) is 0 Å². The molecule has 0 saturated carbocycles. The van der Waals surface area contributed by atoms with Crippen molar-refractivity contribution in [2.75, 3.05) is 73.7 Å². The van der Waals surface area contributed by atoms with Gasteiger partial charge >= 0.3 is 0 Å². The second-order valence-electron chi connectivity index (χ2n) is 4.01. The van der Waals surface area contributed by atoms with Crippen LogP contribution in [0.1, 0.15) is 13.8 Å². The average molecular weight is 298 g/mol. The molecule has 0 fully saturated rings. The molecule has 0 amide bonds. The second-order valence-corrected chi connectivity index (χ2v) is 4.01. The van der Waals surface area contributed by atoms with E-state index in [0.717, 1.165) is 13.1 Å². The molecule has 0 aromatic heterocycles. The summed E-state index contributed by atoms with van der Waals surface area (Å²) < 4.78 is 0. The Balaban J connectivity index is -0.0000000883. The van der Waals surface area contributed by atoms with Crippen LogP contribution in [0.3, 0.4) is 0 Å². The highest BCUT2D eigenvalue weighted by atomic mass is 16.3. The summed E-state index contributed by atoms with van der Waals surface area (Å²) in [6, 6.07) is 0. The molecule has 0 saturated heterocycles. The molecule has 7 N–H and O–H groups in total. The fraction of sp³-hybridized carbons (Fsp3) is 1.00. The van der Waals surface area contributed by atoms with Gasteiger partial charge in [-0.05, 0) is 34.2 Å². The SMILES string of the molecule is CCNCC.CN(C)C.NCCO.OCCNCCO. The van der Waals surface area contributed by atoms with E-state index in [1.54, 1.807) is 0 Å². The second kappa shape index (κ2) is 36.3. The lowest BCUT2D eigenvalue weighted by Gasteiger charge is -1.94. The minimum absolute atomic E-state index is 0.0972. The molecule has 128 valence electrons. The van der Waals surface area contributed by atoms with E-state index in [9.17, 15) is 0 Å². The van der Waals surface area contributed by atoms with E-state index in [4.69, 9.17) is 21.1 Å². The molecule has 0 radical (unpaired) electrons. The smallest absolute Gasteiger partial charge is 0.0555 e. The zero-order valence-electron chi connectivity index (χ0n) is 14.0. The van der Waals surface area contributed by atoms with Crippen molar-refractivity contribution in [1.82, 2.24) is 15.5 Å². The van der Waals surface area contributed by atoms with Crippen LogP contribution in [0.2, 0.25) is 0 Å². The van der Waals surface area contributed by atoms with Crippen LogP contribution in [0.5, 0.6) is 0 Å². The first-order valence-electron chi connectivity index (χ1n) is 7.03. The predicted molar refractivity (Wildman–Crippen MR) is 87.0 cm³/mol. The van der Waals surface area contributed by atoms with Crippen LogP contribution in [-0.2, 0) is 0 Å². The van der Waals surface area contributed by atoms with Crippen molar-refractivity contribution in [3.63, 3.8) is 0 Å². The van der Waals surface area contributed by atoms with E-state index in [1.807, 2.05) is 26.0 Å². The molecule has 0 aliphatic heterocycles. The first kappa shape index (κ1) is 28.0. The van der Waals surface area contributed by atoms with Crippen molar-refractivity contribution >= 4 is 0 Å². The molecule has 0 heterocycles. The summed E-state index contributed by atoms with van der Waals surface area (Å²) in [5.41, 5.74) is 4.78. The maximum atomic E-state index is 8.15. The predicted octanol–water partition coefficient (Wildman–Crippen LogP) is -1.71. The van der Waals surface area contributed by atoms with Crippen LogP contribution < -0.4 is 16.4 Å². The molecule has 0 aromatic rings. The summed E-state index contributed by atoms with van der Waals surface area (Å²) in [5.74, 6) is 0. The van der Waals surface area contributed by atoms with Crippen LogP contribution >= 0.6 is 0 Å². The van der Waals surface area contributed by atoms with Gasteiger partial charge in [-0.25, -0.2) is 0 Å². The fourth-order valence-electron chi connectivity index (χ4n) is 0.533. The van der Waals surface area contributed by atoms with Crippen LogP contribution in [-0.4, -0.2) is 93.9 Å². The highest BCUT2D eigenvalue weighted by Gasteiger charge is 1.78. The zero-order chi connectivity index (χ0) is 16.6. The van der Waals surface area contributed by atoms with Crippen molar-refractivity contribution in [3.8, 4) is 0 Å². The van der Waals surface area contributed by atoms with Gasteiger partial charge in [0, 0.05) is 19.6 Å². The van der Waals surface area contributed by atoms with Gasteiger partial charge in [0.1, 0.15) is 0 Å². The van der Waals surface area contributed by atoms with E-state index in [-0.39, 0.29) is 19.8 Å². The highest BCUT2D eigenvalue weighted by Crippen LogP contribution is 1.54. The van der Waals surface area contributed by atoms with Crippen LogP contribution in [0.4, 0.5) is 0 Å². The summed E-state index contributed by atoms with van der Waals surface area (Å²) in [5, 5.41) is 29.9. The normalized spacial score (nSPS) is 8.70. The number of hydrogen-bond acceptors (Lipinski definition) is 7. The maximum absolute atomic E-state index is 8.15. The van der Waals surface area contributed by atoms with Gasteiger partial charge < -0.3 is 36.6 Å². The molecular formula is C13H38N4O3. The average Bonchev–Trinajstić information content (AvgIpc) is 2.41. The lowest BCUT2D eigenvalue weighted by molar-refractivity contribution is 0.266. The number of aliphatic hydroxyl groups is 3. The summed E-state index contributed by atoms with van der Waals surface area (Å²) in [6.45, 7) is 8.28. The Morgan fingerprint density at radius 1 is 0.800 bits per heavy atom. The highest BCUT2D eigenvalue weighted by molar-refractivity contribution is 4.39. The first-order valence-corrected chi connectivity index (χ1v) is 7.03. The fourth-order valence-corrected chi connectivity index (χ4v) is 0.533. The van der Waals surface area contributed by atoms with Gasteiger partial charge in [0.25, 0.3) is 0 Å². The summed E-state index contributed by atoms with van der Waals surface area (Å²) in [7, 11) is 6.00. The molecule has 20 heavy (non-hydrogen) atoms.